The van der Waals surface area contributed by atoms with E-state index >= 15 is 0 Å². The van der Waals surface area contributed by atoms with Gasteiger partial charge in [-0.2, -0.15) is 0 Å². The van der Waals surface area contributed by atoms with Crippen LogP contribution in [0.3, 0.4) is 0 Å². The Kier molecular flexibility index (Phi) is 4.27. The molecule has 20 heavy (non-hydrogen) atoms. The molecule has 0 saturated carbocycles. The fourth-order valence-corrected chi connectivity index (χ4v) is 2.52. The summed E-state index contributed by atoms with van der Waals surface area (Å²) in [6.45, 7) is 2.21. The number of aliphatic carboxylic acids is 1. The molecule has 0 radical (unpaired) electrons. The van der Waals surface area contributed by atoms with Crippen LogP contribution in [0.15, 0.2) is 28.7 Å². The molecule has 1 aromatic rings. The van der Waals surface area contributed by atoms with Gasteiger partial charge in [-0.1, -0.05) is 12.2 Å². The van der Waals surface area contributed by atoms with Crippen LogP contribution in [0.25, 0.3) is 0 Å². The van der Waals surface area contributed by atoms with E-state index in [1.54, 1.807) is 7.05 Å². The average molecular weight is 277 g/mol. The topological polar surface area (TPSA) is 70.8 Å². The van der Waals surface area contributed by atoms with Crippen LogP contribution < -0.4 is 0 Å². The molecule has 1 aliphatic carbocycles. The predicted octanol–water partition coefficient (Wildman–Crippen LogP) is 2.21. The molecule has 5 heteroatoms. The first kappa shape index (κ1) is 14.4. The van der Waals surface area contributed by atoms with Crippen molar-refractivity contribution in [2.24, 2.45) is 11.8 Å². The second-order valence-electron chi connectivity index (χ2n) is 5.20. The molecule has 0 aromatic carbocycles. The van der Waals surface area contributed by atoms with E-state index in [-0.39, 0.29) is 5.91 Å². The van der Waals surface area contributed by atoms with Crippen molar-refractivity contribution in [3.8, 4) is 0 Å². The van der Waals surface area contributed by atoms with Crippen molar-refractivity contribution < 1.29 is 19.1 Å². The van der Waals surface area contributed by atoms with Crippen molar-refractivity contribution in [3.63, 3.8) is 0 Å². The molecule has 2 unspecified atom stereocenters. The molecule has 108 valence electrons. The highest BCUT2D eigenvalue weighted by atomic mass is 16.4. The summed E-state index contributed by atoms with van der Waals surface area (Å²) in [4.78, 5) is 25.2. The summed E-state index contributed by atoms with van der Waals surface area (Å²) in [7, 11) is 1.68. The molecule has 0 spiro atoms. The molecule has 1 amide bonds. The van der Waals surface area contributed by atoms with Crippen molar-refractivity contribution in [3.05, 3.63) is 35.8 Å². The molecule has 0 aliphatic heterocycles. The predicted molar refractivity (Wildman–Crippen MR) is 72.9 cm³/mol. The van der Waals surface area contributed by atoms with Crippen LogP contribution in [0.2, 0.25) is 0 Å². The van der Waals surface area contributed by atoms with E-state index < -0.39 is 17.8 Å². The normalized spacial score (nSPS) is 21.7. The summed E-state index contributed by atoms with van der Waals surface area (Å²) in [5.41, 5.74) is 0. The maximum Gasteiger partial charge on any atom is 0.307 e. The molecule has 0 fully saturated rings. The number of allylic oxidation sites excluding steroid dienone is 2. The lowest BCUT2D eigenvalue weighted by atomic mass is 9.82. The highest BCUT2D eigenvalue weighted by molar-refractivity contribution is 5.85. The third-order valence-corrected chi connectivity index (χ3v) is 3.63. The maximum atomic E-state index is 12.4. The summed E-state index contributed by atoms with van der Waals surface area (Å²) >= 11 is 0. The third kappa shape index (κ3) is 3.10. The van der Waals surface area contributed by atoms with E-state index in [0.717, 1.165) is 5.76 Å². The van der Waals surface area contributed by atoms with E-state index in [9.17, 15) is 14.7 Å². The Labute approximate surface area is 117 Å². The van der Waals surface area contributed by atoms with E-state index in [4.69, 9.17) is 4.42 Å². The van der Waals surface area contributed by atoms with Crippen LogP contribution in [-0.2, 0) is 16.1 Å². The minimum atomic E-state index is -0.907. The zero-order chi connectivity index (χ0) is 14.7. The Morgan fingerprint density at radius 2 is 1.95 bits per heavy atom. The van der Waals surface area contributed by atoms with Crippen molar-refractivity contribution in [1.29, 1.82) is 0 Å². The molecular formula is C15H19NO4. The van der Waals surface area contributed by atoms with Gasteiger partial charge in [-0.3, -0.25) is 9.59 Å². The Morgan fingerprint density at radius 1 is 1.30 bits per heavy atom. The van der Waals surface area contributed by atoms with Gasteiger partial charge >= 0.3 is 5.97 Å². The van der Waals surface area contributed by atoms with Crippen LogP contribution >= 0.6 is 0 Å². The van der Waals surface area contributed by atoms with E-state index in [2.05, 4.69) is 0 Å². The molecule has 1 N–H and O–H groups in total. The van der Waals surface area contributed by atoms with Gasteiger partial charge in [0.2, 0.25) is 5.91 Å². The number of amides is 1. The van der Waals surface area contributed by atoms with Gasteiger partial charge in [-0.05, 0) is 31.9 Å². The van der Waals surface area contributed by atoms with Crippen LogP contribution in [0.5, 0.6) is 0 Å². The standard InChI is InChI=1S/C15H19NO4/c1-10-7-8-11(20-10)9-16(2)14(17)12-5-3-4-6-13(12)15(18)19/h3-4,7-8,12-13H,5-6,9H2,1-2H3,(H,18,19). The first-order valence-corrected chi connectivity index (χ1v) is 6.67. The van der Waals surface area contributed by atoms with Gasteiger partial charge in [0.15, 0.2) is 0 Å². The molecule has 5 nitrogen and oxygen atoms in total. The molecule has 1 heterocycles. The third-order valence-electron chi connectivity index (χ3n) is 3.63. The van der Waals surface area contributed by atoms with Crippen LogP contribution in [0.4, 0.5) is 0 Å². The number of rotatable bonds is 4. The zero-order valence-corrected chi connectivity index (χ0v) is 11.7. The van der Waals surface area contributed by atoms with E-state index in [0.29, 0.717) is 25.1 Å². The van der Waals surface area contributed by atoms with Gasteiger partial charge in [0.1, 0.15) is 11.5 Å². The molecule has 2 rings (SSSR count). The molecular weight excluding hydrogens is 258 g/mol. The first-order valence-electron chi connectivity index (χ1n) is 6.67. The van der Waals surface area contributed by atoms with Gasteiger partial charge < -0.3 is 14.4 Å². The SMILES string of the molecule is Cc1ccc(CN(C)C(=O)C2CC=CCC2C(=O)O)o1. The Bertz CT molecular complexity index is 532. The maximum absolute atomic E-state index is 12.4. The second-order valence-corrected chi connectivity index (χ2v) is 5.20. The minimum absolute atomic E-state index is 0.143. The summed E-state index contributed by atoms with van der Waals surface area (Å²) in [6.07, 6.45) is 4.61. The Morgan fingerprint density at radius 3 is 2.50 bits per heavy atom. The number of carboxylic acid groups (broad SMARTS) is 1. The van der Waals surface area contributed by atoms with Gasteiger partial charge in [0.05, 0.1) is 18.4 Å². The highest BCUT2D eigenvalue weighted by Crippen LogP contribution is 2.28. The van der Waals surface area contributed by atoms with Crippen molar-refractivity contribution >= 4 is 11.9 Å². The Balaban J connectivity index is 2.05. The van der Waals surface area contributed by atoms with Gasteiger partial charge in [-0.25, -0.2) is 0 Å². The van der Waals surface area contributed by atoms with Crippen molar-refractivity contribution in [1.82, 2.24) is 4.90 Å². The quantitative estimate of drug-likeness (QED) is 0.857. The number of furan rings is 1. The monoisotopic (exact) mass is 277 g/mol. The number of carboxylic acids is 1. The molecule has 2 atom stereocenters. The lowest BCUT2D eigenvalue weighted by Gasteiger charge is -2.28. The smallest absolute Gasteiger partial charge is 0.307 e. The fourth-order valence-electron chi connectivity index (χ4n) is 2.52. The lowest BCUT2D eigenvalue weighted by molar-refractivity contribution is -0.150. The minimum Gasteiger partial charge on any atom is -0.481 e. The Hall–Kier alpha value is -2.04. The number of hydrogen-bond donors (Lipinski definition) is 1. The van der Waals surface area contributed by atoms with Crippen LogP contribution in [-0.4, -0.2) is 28.9 Å². The second kappa shape index (κ2) is 5.94. The highest BCUT2D eigenvalue weighted by Gasteiger charge is 2.35. The molecule has 1 aromatic heterocycles. The molecule has 1 aliphatic rings. The molecule has 0 bridgehead atoms. The van der Waals surface area contributed by atoms with Crippen LogP contribution in [0.1, 0.15) is 24.4 Å². The number of nitrogens with zero attached hydrogens (tertiary/aromatic N) is 1. The zero-order valence-electron chi connectivity index (χ0n) is 11.7. The number of carbonyl (C=O) groups excluding carboxylic acids is 1. The van der Waals surface area contributed by atoms with Gasteiger partial charge in [-0.15, -0.1) is 0 Å². The average Bonchev–Trinajstić information content (AvgIpc) is 2.83. The fraction of sp³-hybridized carbons (Fsp3) is 0.467. The molecule has 0 saturated heterocycles. The van der Waals surface area contributed by atoms with E-state index in [1.807, 2.05) is 31.2 Å². The summed E-state index contributed by atoms with van der Waals surface area (Å²) < 4.78 is 5.44. The van der Waals surface area contributed by atoms with Crippen LogP contribution in [0, 0.1) is 18.8 Å². The van der Waals surface area contributed by atoms with Crippen molar-refractivity contribution in [2.75, 3.05) is 7.05 Å². The van der Waals surface area contributed by atoms with Gasteiger partial charge in [0, 0.05) is 7.05 Å². The number of hydrogen-bond acceptors (Lipinski definition) is 3. The summed E-state index contributed by atoms with van der Waals surface area (Å²) in [6, 6.07) is 3.67. The van der Waals surface area contributed by atoms with Gasteiger partial charge in [0.25, 0.3) is 0 Å². The number of carbonyl (C=O) groups is 2. The summed E-state index contributed by atoms with van der Waals surface area (Å²) in [5.74, 6) is -0.668. The van der Waals surface area contributed by atoms with E-state index in [1.165, 1.54) is 4.90 Å². The first-order chi connectivity index (χ1) is 9.49. The number of aryl methyl sites for hydroxylation is 1. The van der Waals surface area contributed by atoms with Crippen molar-refractivity contribution in [2.45, 2.75) is 26.3 Å². The summed E-state index contributed by atoms with van der Waals surface area (Å²) in [5, 5.41) is 9.21. The largest absolute Gasteiger partial charge is 0.481 e. The lowest BCUT2D eigenvalue weighted by Crippen LogP contribution is -2.39.